The fraction of sp³-hybridized carbons (Fsp3) is 0. The van der Waals surface area contributed by atoms with E-state index in [-0.39, 0.29) is 0 Å². The highest BCUT2D eigenvalue weighted by Crippen LogP contribution is 2.31. The summed E-state index contributed by atoms with van der Waals surface area (Å²) in [6.45, 7) is 0. The smallest absolute Gasteiger partial charge is 0.160 e. The number of nitrogens with zero attached hydrogens (tertiary/aromatic N) is 3. The monoisotopic (exact) mass is 437 g/mol. The van der Waals surface area contributed by atoms with Crippen LogP contribution in [0.3, 0.4) is 0 Å². The Morgan fingerprint density at radius 3 is 2.21 bits per heavy atom. The van der Waals surface area contributed by atoms with Crippen LogP contribution in [0.1, 0.15) is 0 Å². The van der Waals surface area contributed by atoms with Crippen molar-refractivity contribution in [3.63, 3.8) is 0 Å². The molecule has 3 aromatic carbocycles. The molecule has 0 unspecified atom stereocenters. The van der Waals surface area contributed by atoms with E-state index < -0.39 is 0 Å². The second-order valence-electron chi connectivity index (χ2n) is 6.72. The van der Waals surface area contributed by atoms with Gasteiger partial charge in [0.2, 0.25) is 0 Å². The molecule has 4 heteroatoms. The molecule has 0 saturated carbocycles. The Bertz CT molecular complexity index is 1320. The SMILES string of the molecule is Brc1cccc(-c2nc(-c3cccc(-c4ccccc4)c3)c3ncccc3n2)c1. The summed E-state index contributed by atoms with van der Waals surface area (Å²) in [5.74, 6) is 0.687. The molecule has 0 aliphatic heterocycles. The lowest BCUT2D eigenvalue weighted by molar-refractivity contribution is 1.20. The fourth-order valence-electron chi connectivity index (χ4n) is 3.40. The van der Waals surface area contributed by atoms with Gasteiger partial charge in [0.05, 0.1) is 5.52 Å². The summed E-state index contributed by atoms with van der Waals surface area (Å²) in [5.41, 5.74) is 6.78. The highest BCUT2D eigenvalue weighted by Gasteiger charge is 2.13. The van der Waals surface area contributed by atoms with E-state index in [4.69, 9.17) is 9.97 Å². The van der Waals surface area contributed by atoms with E-state index in [1.54, 1.807) is 6.20 Å². The first kappa shape index (κ1) is 17.7. The van der Waals surface area contributed by atoms with Crippen LogP contribution in [0.5, 0.6) is 0 Å². The van der Waals surface area contributed by atoms with E-state index in [1.807, 2.05) is 42.5 Å². The summed E-state index contributed by atoms with van der Waals surface area (Å²) in [7, 11) is 0. The van der Waals surface area contributed by atoms with Crippen molar-refractivity contribution >= 4 is 27.0 Å². The first-order valence-corrected chi connectivity index (χ1v) is 10.1. The normalized spacial score (nSPS) is 10.9. The van der Waals surface area contributed by atoms with Gasteiger partial charge in [-0.1, -0.05) is 76.6 Å². The highest BCUT2D eigenvalue weighted by molar-refractivity contribution is 9.10. The van der Waals surface area contributed by atoms with Crippen LogP contribution in [-0.2, 0) is 0 Å². The molecule has 0 saturated heterocycles. The molecule has 138 valence electrons. The molecule has 5 aromatic rings. The molecular weight excluding hydrogens is 422 g/mol. The quantitative estimate of drug-likeness (QED) is 0.311. The Balaban J connectivity index is 1.72. The lowest BCUT2D eigenvalue weighted by Crippen LogP contribution is -1.96. The Labute approximate surface area is 177 Å². The van der Waals surface area contributed by atoms with Crippen LogP contribution >= 0.6 is 15.9 Å². The van der Waals surface area contributed by atoms with Crippen molar-refractivity contribution in [1.82, 2.24) is 15.0 Å². The maximum absolute atomic E-state index is 4.92. The molecule has 29 heavy (non-hydrogen) atoms. The Kier molecular flexibility index (Phi) is 4.62. The molecule has 0 atom stereocenters. The molecule has 2 aromatic heterocycles. The molecule has 0 N–H and O–H groups in total. The summed E-state index contributed by atoms with van der Waals surface area (Å²) < 4.78 is 0.998. The zero-order valence-electron chi connectivity index (χ0n) is 15.5. The largest absolute Gasteiger partial charge is 0.252 e. The average Bonchev–Trinajstić information content (AvgIpc) is 2.79. The number of benzene rings is 3. The van der Waals surface area contributed by atoms with Gasteiger partial charge in [0, 0.05) is 21.8 Å². The number of hydrogen-bond donors (Lipinski definition) is 0. The Morgan fingerprint density at radius 1 is 0.586 bits per heavy atom. The van der Waals surface area contributed by atoms with Crippen LogP contribution < -0.4 is 0 Å². The van der Waals surface area contributed by atoms with Gasteiger partial charge in [-0.15, -0.1) is 0 Å². The Hall–Kier alpha value is -3.37. The Morgan fingerprint density at radius 2 is 1.34 bits per heavy atom. The molecule has 0 radical (unpaired) electrons. The van der Waals surface area contributed by atoms with Gasteiger partial charge in [-0.25, -0.2) is 9.97 Å². The van der Waals surface area contributed by atoms with E-state index in [0.717, 1.165) is 37.9 Å². The molecule has 0 amide bonds. The lowest BCUT2D eigenvalue weighted by Gasteiger charge is -2.10. The minimum atomic E-state index is 0.687. The predicted molar refractivity (Wildman–Crippen MR) is 121 cm³/mol. The molecule has 5 rings (SSSR count). The summed E-state index contributed by atoms with van der Waals surface area (Å²) in [6.07, 6.45) is 1.79. The van der Waals surface area contributed by atoms with Crippen molar-refractivity contribution in [3.8, 4) is 33.8 Å². The van der Waals surface area contributed by atoms with Gasteiger partial charge in [0.15, 0.2) is 5.82 Å². The van der Waals surface area contributed by atoms with Gasteiger partial charge in [-0.2, -0.15) is 0 Å². The van der Waals surface area contributed by atoms with Crippen LogP contribution in [0.15, 0.2) is 102 Å². The van der Waals surface area contributed by atoms with Crippen molar-refractivity contribution in [3.05, 3.63) is 102 Å². The van der Waals surface area contributed by atoms with Crippen LogP contribution in [0.2, 0.25) is 0 Å². The van der Waals surface area contributed by atoms with E-state index in [1.165, 1.54) is 5.56 Å². The van der Waals surface area contributed by atoms with Gasteiger partial charge in [-0.3, -0.25) is 4.98 Å². The number of halogens is 1. The maximum Gasteiger partial charge on any atom is 0.160 e. The van der Waals surface area contributed by atoms with Crippen molar-refractivity contribution in [2.24, 2.45) is 0 Å². The van der Waals surface area contributed by atoms with Crippen molar-refractivity contribution < 1.29 is 0 Å². The number of rotatable bonds is 3. The molecular formula is C25H16BrN3. The first-order chi connectivity index (χ1) is 14.3. The molecule has 3 nitrogen and oxygen atoms in total. The zero-order chi connectivity index (χ0) is 19.6. The molecule has 0 spiro atoms. The van der Waals surface area contributed by atoms with Gasteiger partial charge < -0.3 is 0 Å². The van der Waals surface area contributed by atoms with Gasteiger partial charge >= 0.3 is 0 Å². The molecule has 0 fully saturated rings. The third kappa shape index (κ3) is 3.55. The number of hydrogen-bond acceptors (Lipinski definition) is 3. The minimum absolute atomic E-state index is 0.687. The number of aromatic nitrogens is 3. The number of pyridine rings is 1. The summed E-state index contributed by atoms with van der Waals surface area (Å²) >= 11 is 3.54. The van der Waals surface area contributed by atoms with E-state index in [9.17, 15) is 0 Å². The van der Waals surface area contributed by atoms with E-state index in [2.05, 4.69) is 69.4 Å². The fourth-order valence-corrected chi connectivity index (χ4v) is 3.80. The van der Waals surface area contributed by atoms with Crippen molar-refractivity contribution in [2.45, 2.75) is 0 Å². The highest BCUT2D eigenvalue weighted by atomic mass is 79.9. The second kappa shape index (κ2) is 7.57. The van der Waals surface area contributed by atoms with Gasteiger partial charge in [0.25, 0.3) is 0 Å². The van der Waals surface area contributed by atoms with Crippen molar-refractivity contribution in [1.29, 1.82) is 0 Å². The van der Waals surface area contributed by atoms with Crippen LogP contribution in [0.4, 0.5) is 0 Å². The third-order valence-corrected chi connectivity index (χ3v) is 5.27. The molecule has 0 aliphatic rings. The minimum Gasteiger partial charge on any atom is -0.252 e. The molecule has 2 heterocycles. The summed E-state index contributed by atoms with van der Waals surface area (Å²) in [4.78, 5) is 14.3. The molecule has 0 bridgehead atoms. The van der Waals surface area contributed by atoms with Gasteiger partial charge in [-0.05, 0) is 41.5 Å². The van der Waals surface area contributed by atoms with Crippen LogP contribution in [-0.4, -0.2) is 15.0 Å². The molecule has 0 aliphatic carbocycles. The zero-order valence-corrected chi connectivity index (χ0v) is 17.0. The lowest BCUT2D eigenvalue weighted by atomic mass is 10.0. The predicted octanol–water partition coefficient (Wildman–Crippen LogP) is 6.79. The van der Waals surface area contributed by atoms with Gasteiger partial charge in [0.1, 0.15) is 11.2 Å². The third-order valence-electron chi connectivity index (χ3n) is 4.78. The maximum atomic E-state index is 4.92. The van der Waals surface area contributed by atoms with Crippen LogP contribution in [0.25, 0.3) is 44.8 Å². The summed E-state index contributed by atoms with van der Waals surface area (Å²) in [6, 6.07) is 30.7. The van der Waals surface area contributed by atoms with Crippen LogP contribution in [0, 0.1) is 0 Å². The van der Waals surface area contributed by atoms with E-state index >= 15 is 0 Å². The van der Waals surface area contributed by atoms with Crippen molar-refractivity contribution in [2.75, 3.05) is 0 Å². The van der Waals surface area contributed by atoms with E-state index in [0.29, 0.717) is 5.82 Å². The standard InChI is InChI=1S/C25H16BrN3/c26-21-12-5-11-20(16-21)25-28-22-13-6-14-27-24(22)23(29-25)19-10-4-9-18(15-19)17-7-2-1-3-8-17/h1-16H. The second-order valence-corrected chi connectivity index (χ2v) is 7.64. The average molecular weight is 438 g/mol. The first-order valence-electron chi connectivity index (χ1n) is 9.32. The summed E-state index contributed by atoms with van der Waals surface area (Å²) in [5, 5.41) is 0. The number of fused-ring (bicyclic) bond motifs is 1. The topological polar surface area (TPSA) is 38.7 Å².